The first-order chi connectivity index (χ1) is 7.25. The number of hydrogen-bond donors (Lipinski definition) is 2. The molecule has 0 unspecified atom stereocenters. The molecular weight excluding hydrogens is 198 g/mol. The topological polar surface area (TPSA) is 79.7 Å². The standard InChI is InChI=1S/C10H13NO4/c12-5-2-6-15-7-8-3-1-4-11-9(8)10(13)14/h1,3-4,12H,2,5-7H2,(H,13,14). The molecule has 0 bridgehead atoms. The zero-order valence-corrected chi connectivity index (χ0v) is 8.22. The number of rotatable bonds is 6. The van der Waals surface area contributed by atoms with Crippen LogP contribution in [0.2, 0.25) is 0 Å². The number of aromatic carboxylic acids is 1. The molecule has 0 aromatic carbocycles. The van der Waals surface area contributed by atoms with Crippen molar-refractivity contribution >= 4 is 5.97 Å². The third kappa shape index (κ3) is 3.65. The van der Waals surface area contributed by atoms with E-state index in [1.807, 2.05) is 0 Å². The Bertz CT molecular complexity index is 327. The van der Waals surface area contributed by atoms with Crippen molar-refractivity contribution in [3.8, 4) is 0 Å². The van der Waals surface area contributed by atoms with Gasteiger partial charge < -0.3 is 14.9 Å². The summed E-state index contributed by atoms with van der Waals surface area (Å²) in [5.74, 6) is -1.06. The Morgan fingerprint density at radius 3 is 3.00 bits per heavy atom. The van der Waals surface area contributed by atoms with Crippen LogP contribution < -0.4 is 0 Å². The molecule has 0 aliphatic rings. The molecule has 0 aliphatic carbocycles. The molecule has 0 spiro atoms. The number of pyridine rings is 1. The number of aromatic nitrogens is 1. The lowest BCUT2D eigenvalue weighted by molar-refractivity contribution is 0.0676. The smallest absolute Gasteiger partial charge is 0.354 e. The van der Waals surface area contributed by atoms with Crippen LogP contribution in [-0.4, -0.2) is 34.4 Å². The van der Waals surface area contributed by atoms with Crippen LogP contribution in [0.3, 0.4) is 0 Å². The number of carboxylic acids is 1. The molecule has 0 radical (unpaired) electrons. The molecule has 0 saturated heterocycles. The van der Waals surface area contributed by atoms with Gasteiger partial charge >= 0.3 is 5.97 Å². The number of hydrogen-bond acceptors (Lipinski definition) is 4. The third-order valence-corrected chi connectivity index (χ3v) is 1.80. The summed E-state index contributed by atoms with van der Waals surface area (Å²) in [5, 5.41) is 17.3. The highest BCUT2D eigenvalue weighted by Gasteiger charge is 2.10. The van der Waals surface area contributed by atoms with E-state index < -0.39 is 5.97 Å². The second kappa shape index (κ2) is 6.10. The van der Waals surface area contributed by atoms with Crippen LogP contribution in [0.15, 0.2) is 18.3 Å². The van der Waals surface area contributed by atoms with E-state index in [0.29, 0.717) is 18.6 Å². The molecule has 0 fully saturated rings. The van der Waals surface area contributed by atoms with Gasteiger partial charge in [0.05, 0.1) is 6.61 Å². The Hall–Kier alpha value is -1.46. The van der Waals surface area contributed by atoms with Crippen LogP contribution in [0, 0.1) is 0 Å². The molecule has 0 atom stereocenters. The molecule has 1 heterocycles. The number of carbonyl (C=O) groups is 1. The molecule has 2 N–H and O–H groups in total. The van der Waals surface area contributed by atoms with Crippen molar-refractivity contribution in [2.75, 3.05) is 13.2 Å². The maximum atomic E-state index is 10.8. The van der Waals surface area contributed by atoms with Crippen LogP contribution in [0.1, 0.15) is 22.5 Å². The highest BCUT2D eigenvalue weighted by atomic mass is 16.5. The van der Waals surface area contributed by atoms with Crippen molar-refractivity contribution in [3.63, 3.8) is 0 Å². The van der Waals surface area contributed by atoms with Gasteiger partial charge in [-0.25, -0.2) is 9.78 Å². The highest BCUT2D eigenvalue weighted by molar-refractivity contribution is 5.86. The Labute approximate surface area is 87.3 Å². The van der Waals surface area contributed by atoms with E-state index in [1.165, 1.54) is 6.20 Å². The number of carboxylic acid groups (broad SMARTS) is 1. The van der Waals surface area contributed by atoms with Gasteiger partial charge in [-0.15, -0.1) is 0 Å². The van der Waals surface area contributed by atoms with Crippen LogP contribution in [0.25, 0.3) is 0 Å². The fraction of sp³-hybridized carbons (Fsp3) is 0.400. The van der Waals surface area contributed by atoms with Gasteiger partial charge in [-0.05, 0) is 12.5 Å². The SMILES string of the molecule is O=C(O)c1ncccc1COCCCO. The van der Waals surface area contributed by atoms with Gasteiger partial charge in [-0.3, -0.25) is 0 Å². The first-order valence-corrected chi connectivity index (χ1v) is 4.61. The summed E-state index contributed by atoms with van der Waals surface area (Å²) < 4.78 is 5.19. The molecule has 5 nitrogen and oxygen atoms in total. The quantitative estimate of drug-likeness (QED) is 0.676. The minimum atomic E-state index is -1.06. The zero-order valence-electron chi connectivity index (χ0n) is 8.22. The number of aliphatic hydroxyl groups excluding tert-OH is 1. The van der Waals surface area contributed by atoms with Crippen molar-refractivity contribution in [2.45, 2.75) is 13.0 Å². The number of ether oxygens (including phenoxy) is 1. The molecule has 0 amide bonds. The lowest BCUT2D eigenvalue weighted by Gasteiger charge is -2.05. The maximum Gasteiger partial charge on any atom is 0.354 e. The third-order valence-electron chi connectivity index (χ3n) is 1.80. The van der Waals surface area contributed by atoms with Gasteiger partial charge in [0, 0.05) is 25.0 Å². The first kappa shape index (κ1) is 11.6. The molecule has 0 saturated carbocycles. The molecule has 1 aromatic rings. The van der Waals surface area contributed by atoms with Gasteiger partial charge in [0.15, 0.2) is 5.69 Å². The summed E-state index contributed by atoms with van der Waals surface area (Å²) in [6.45, 7) is 0.679. The molecule has 1 rings (SSSR count). The molecular formula is C10H13NO4. The van der Waals surface area contributed by atoms with Gasteiger partial charge in [0.2, 0.25) is 0 Å². The van der Waals surface area contributed by atoms with E-state index in [1.54, 1.807) is 12.1 Å². The molecule has 5 heteroatoms. The summed E-state index contributed by atoms with van der Waals surface area (Å²) in [5.41, 5.74) is 0.560. The fourth-order valence-electron chi connectivity index (χ4n) is 1.10. The Morgan fingerprint density at radius 2 is 2.33 bits per heavy atom. The average Bonchev–Trinajstić information content (AvgIpc) is 2.25. The second-order valence-electron chi connectivity index (χ2n) is 2.95. The van der Waals surface area contributed by atoms with Crippen LogP contribution in [-0.2, 0) is 11.3 Å². The molecule has 0 aliphatic heterocycles. The Balaban J connectivity index is 2.56. The highest BCUT2D eigenvalue weighted by Crippen LogP contribution is 2.07. The van der Waals surface area contributed by atoms with E-state index in [0.717, 1.165) is 0 Å². The van der Waals surface area contributed by atoms with Gasteiger partial charge in [-0.1, -0.05) is 6.07 Å². The van der Waals surface area contributed by atoms with Gasteiger partial charge in [0.1, 0.15) is 0 Å². The lowest BCUT2D eigenvalue weighted by atomic mass is 10.2. The van der Waals surface area contributed by atoms with Crippen LogP contribution in [0.5, 0.6) is 0 Å². The summed E-state index contributed by atoms with van der Waals surface area (Å²) in [4.78, 5) is 14.5. The average molecular weight is 211 g/mol. The zero-order chi connectivity index (χ0) is 11.1. The fourth-order valence-corrected chi connectivity index (χ4v) is 1.10. The predicted octanol–water partition coefficient (Wildman–Crippen LogP) is 0.679. The Kier molecular flexibility index (Phi) is 4.73. The van der Waals surface area contributed by atoms with Crippen molar-refractivity contribution in [1.29, 1.82) is 0 Å². The molecule has 82 valence electrons. The van der Waals surface area contributed by atoms with Crippen molar-refractivity contribution < 1.29 is 19.7 Å². The normalized spacial score (nSPS) is 10.2. The minimum absolute atomic E-state index is 0.0153. The minimum Gasteiger partial charge on any atom is -0.477 e. The summed E-state index contributed by atoms with van der Waals surface area (Å²) in [6, 6.07) is 3.33. The summed E-state index contributed by atoms with van der Waals surface area (Å²) in [6.07, 6.45) is 1.98. The van der Waals surface area contributed by atoms with Gasteiger partial charge in [0.25, 0.3) is 0 Å². The second-order valence-corrected chi connectivity index (χ2v) is 2.95. The van der Waals surface area contributed by atoms with E-state index in [4.69, 9.17) is 14.9 Å². The molecule has 15 heavy (non-hydrogen) atoms. The van der Waals surface area contributed by atoms with Gasteiger partial charge in [-0.2, -0.15) is 0 Å². The number of aliphatic hydroxyl groups is 1. The first-order valence-electron chi connectivity index (χ1n) is 4.61. The monoisotopic (exact) mass is 211 g/mol. The number of nitrogens with zero attached hydrogens (tertiary/aromatic N) is 1. The molecule has 1 aromatic heterocycles. The summed E-state index contributed by atoms with van der Waals surface area (Å²) in [7, 11) is 0. The van der Waals surface area contributed by atoms with Crippen molar-refractivity contribution in [2.24, 2.45) is 0 Å². The Morgan fingerprint density at radius 1 is 1.53 bits per heavy atom. The largest absolute Gasteiger partial charge is 0.477 e. The van der Waals surface area contributed by atoms with E-state index in [2.05, 4.69) is 4.98 Å². The van der Waals surface area contributed by atoms with Crippen molar-refractivity contribution in [1.82, 2.24) is 4.98 Å². The van der Waals surface area contributed by atoms with Crippen molar-refractivity contribution in [3.05, 3.63) is 29.6 Å². The van der Waals surface area contributed by atoms with E-state index in [-0.39, 0.29) is 18.9 Å². The van der Waals surface area contributed by atoms with Crippen LogP contribution >= 0.6 is 0 Å². The lowest BCUT2D eigenvalue weighted by Crippen LogP contribution is -2.07. The summed E-state index contributed by atoms with van der Waals surface area (Å²) >= 11 is 0. The van der Waals surface area contributed by atoms with E-state index in [9.17, 15) is 4.79 Å². The van der Waals surface area contributed by atoms with E-state index >= 15 is 0 Å². The maximum absolute atomic E-state index is 10.8. The predicted molar refractivity (Wildman–Crippen MR) is 52.6 cm³/mol. The van der Waals surface area contributed by atoms with Crippen LogP contribution in [0.4, 0.5) is 0 Å².